The molecule has 3 fully saturated rings. The Kier molecular flexibility index (Phi) is 4.47. The molecule has 0 N–H and O–H groups in total. The van der Waals surface area contributed by atoms with Gasteiger partial charge in [0.25, 0.3) is 5.91 Å². The van der Waals surface area contributed by atoms with E-state index in [1.807, 2.05) is 30.3 Å². The van der Waals surface area contributed by atoms with Crippen LogP contribution in [0.4, 0.5) is 0 Å². The molecule has 2 aromatic carbocycles. The summed E-state index contributed by atoms with van der Waals surface area (Å²) in [5, 5.41) is 0.00267. The van der Waals surface area contributed by atoms with Gasteiger partial charge >= 0.3 is 0 Å². The molecule has 0 unspecified atom stereocenters. The number of benzene rings is 2. The van der Waals surface area contributed by atoms with Crippen LogP contribution in [0, 0.1) is 0 Å². The van der Waals surface area contributed by atoms with Crippen LogP contribution in [-0.2, 0) is 21.3 Å². The third-order valence-corrected chi connectivity index (χ3v) is 8.66. The molecule has 0 aromatic heterocycles. The SMILES string of the molecule is O=C(c1ccccc1)N1C[C@@H]2C[C@@H]3[C@@](C1)(CN(Cc1ccc(Cl)cc1)S3(=O)=O)O2. The average Bonchev–Trinajstić information content (AvgIpc) is 3.09. The van der Waals surface area contributed by atoms with Crippen LogP contribution in [0.25, 0.3) is 0 Å². The highest BCUT2D eigenvalue weighted by Gasteiger charge is 2.65. The fourth-order valence-corrected chi connectivity index (χ4v) is 7.22. The van der Waals surface area contributed by atoms with Gasteiger partial charge in [0.05, 0.1) is 12.6 Å². The molecule has 1 spiro atoms. The van der Waals surface area contributed by atoms with Crippen molar-refractivity contribution in [1.29, 1.82) is 0 Å². The maximum atomic E-state index is 13.2. The van der Waals surface area contributed by atoms with Gasteiger partial charge in [0.15, 0.2) is 0 Å². The topological polar surface area (TPSA) is 66.9 Å². The summed E-state index contributed by atoms with van der Waals surface area (Å²) in [5.74, 6) is -0.0764. The van der Waals surface area contributed by atoms with Crippen LogP contribution in [0.15, 0.2) is 54.6 Å². The minimum atomic E-state index is -3.51. The van der Waals surface area contributed by atoms with Gasteiger partial charge in [-0.1, -0.05) is 41.9 Å². The van der Waals surface area contributed by atoms with Crippen LogP contribution in [0.1, 0.15) is 22.3 Å². The molecule has 3 aliphatic heterocycles. The molecule has 0 radical (unpaired) electrons. The molecule has 29 heavy (non-hydrogen) atoms. The number of fused-ring (bicyclic) bond motifs is 1. The minimum absolute atomic E-state index is 0.0764. The molecule has 0 aliphatic carbocycles. The quantitative estimate of drug-likeness (QED) is 0.747. The molecule has 3 heterocycles. The maximum Gasteiger partial charge on any atom is 0.254 e. The second-order valence-electron chi connectivity index (χ2n) is 8.02. The van der Waals surface area contributed by atoms with Crippen LogP contribution in [0.3, 0.4) is 0 Å². The monoisotopic (exact) mass is 432 g/mol. The summed E-state index contributed by atoms with van der Waals surface area (Å²) in [6, 6.07) is 16.3. The van der Waals surface area contributed by atoms with E-state index < -0.39 is 20.9 Å². The van der Waals surface area contributed by atoms with Gasteiger partial charge in [0.1, 0.15) is 10.9 Å². The number of sulfonamides is 1. The molecular weight excluding hydrogens is 412 g/mol. The molecule has 6 nitrogen and oxygen atoms in total. The van der Waals surface area contributed by atoms with E-state index in [9.17, 15) is 13.2 Å². The van der Waals surface area contributed by atoms with Crippen molar-refractivity contribution in [1.82, 2.24) is 9.21 Å². The third kappa shape index (κ3) is 3.17. The fraction of sp³-hybridized carbons (Fsp3) is 0.381. The molecule has 2 bridgehead atoms. The highest BCUT2D eigenvalue weighted by molar-refractivity contribution is 7.90. The molecule has 1 amide bonds. The summed E-state index contributed by atoms with van der Waals surface area (Å²) in [6.07, 6.45) is 0.187. The Morgan fingerprint density at radius 3 is 2.55 bits per heavy atom. The number of ether oxygens (including phenoxy) is 1. The smallest absolute Gasteiger partial charge is 0.254 e. The Hall–Kier alpha value is -1.93. The van der Waals surface area contributed by atoms with Gasteiger partial charge in [0, 0.05) is 30.2 Å². The van der Waals surface area contributed by atoms with Crippen molar-refractivity contribution in [2.45, 2.75) is 29.9 Å². The lowest BCUT2D eigenvalue weighted by atomic mass is 9.99. The van der Waals surface area contributed by atoms with Gasteiger partial charge in [-0.3, -0.25) is 4.79 Å². The Bertz CT molecular complexity index is 1040. The Labute approximate surface area is 175 Å². The molecule has 3 saturated heterocycles. The fourth-order valence-electron chi connectivity index (χ4n) is 4.80. The first-order valence-electron chi connectivity index (χ1n) is 9.63. The zero-order chi connectivity index (χ0) is 20.2. The van der Waals surface area contributed by atoms with E-state index in [1.54, 1.807) is 29.2 Å². The van der Waals surface area contributed by atoms with Crippen molar-refractivity contribution in [2.75, 3.05) is 19.6 Å². The number of amides is 1. The normalized spacial score (nSPS) is 30.3. The van der Waals surface area contributed by atoms with Gasteiger partial charge < -0.3 is 9.64 Å². The highest BCUT2D eigenvalue weighted by Crippen LogP contribution is 2.47. The van der Waals surface area contributed by atoms with E-state index in [4.69, 9.17) is 16.3 Å². The number of hydrogen-bond acceptors (Lipinski definition) is 4. The summed E-state index contributed by atoms with van der Waals surface area (Å²) in [4.78, 5) is 14.7. The lowest BCUT2D eigenvalue weighted by Crippen LogP contribution is -2.56. The van der Waals surface area contributed by atoms with E-state index in [2.05, 4.69) is 0 Å². The van der Waals surface area contributed by atoms with Crippen molar-refractivity contribution in [2.24, 2.45) is 0 Å². The van der Waals surface area contributed by atoms with Gasteiger partial charge in [0.2, 0.25) is 10.0 Å². The van der Waals surface area contributed by atoms with E-state index in [0.717, 1.165) is 5.56 Å². The van der Waals surface area contributed by atoms with Crippen LogP contribution in [0.2, 0.25) is 5.02 Å². The highest BCUT2D eigenvalue weighted by atomic mass is 35.5. The first-order valence-corrected chi connectivity index (χ1v) is 11.5. The van der Waals surface area contributed by atoms with Crippen LogP contribution >= 0.6 is 11.6 Å². The standard InChI is InChI=1S/C21H21ClN2O4S/c22-17-8-6-15(7-9-17)11-24-14-21-13-23(20(25)16-4-2-1-3-5-16)12-18(28-21)10-19(21)29(24,26)27/h1-9,18-19H,10-14H2/t18-,19+,21+/m0/s1. The number of rotatable bonds is 3. The number of hydrogen-bond donors (Lipinski definition) is 0. The summed E-state index contributed by atoms with van der Waals surface area (Å²) in [7, 11) is -3.51. The molecule has 8 heteroatoms. The van der Waals surface area contributed by atoms with Crippen molar-refractivity contribution in [3.8, 4) is 0 Å². The molecule has 0 saturated carbocycles. The summed E-state index contributed by atoms with van der Waals surface area (Å²) in [6.45, 7) is 1.26. The lowest BCUT2D eigenvalue weighted by molar-refractivity contribution is -0.0980. The Morgan fingerprint density at radius 1 is 1.10 bits per heavy atom. The maximum absolute atomic E-state index is 13.2. The summed E-state index contributed by atoms with van der Waals surface area (Å²) < 4.78 is 34.2. The average molecular weight is 433 g/mol. The zero-order valence-electron chi connectivity index (χ0n) is 15.7. The largest absolute Gasteiger partial charge is 0.365 e. The Morgan fingerprint density at radius 2 is 1.83 bits per heavy atom. The van der Waals surface area contributed by atoms with Crippen molar-refractivity contribution < 1.29 is 17.9 Å². The zero-order valence-corrected chi connectivity index (χ0v) is 17.3. The van der Waals surface area contributed by atoms with Crippen LogP contribution in [-0.4, -0.2) is 60.1 Å². The first kappa shape index (κ1) is 19.1. The molecule has 152 valence electrons. The predicted octanol–water partition coefficient (Wildman–Crippen LogP) is 2.54. The second kappa shape index (κ2) is 6.80. The first-order chi connectivity index (χ1) is 13.9. The van der Waals surface area contributed by atoms with Crippen molar-refractivity contribution >= 4 is 27.5 Å². The van der Waals surface area contributed by atoms with Crippen LogP contribution in [0.5, 0.6) is 0 Å². The van der Waals surface area contributed by atoms with Gasteiger partial charge in [-0.05, 0) is 36.2 Å². The minimum Gasteiger partial charge on any atom is -0.365 e. The van der Waals surface area contributed by atoms with Crippen molar-refractivity contribution in [3.05, 3.63) is 70.7 Å². The Balaban J connectivity index is 1.40. The molecular formula is C21H21ClN2O4S. The summed E-state index contributed by atoms with van der Waals surface area (Å²) >= 11 is 5.94. The van der Waals surface area contributed by atoms with Crippen molar-refractivity contribution in [3.63, 3.8) is 0 Å². The molecule has 3 atom stereocenters. The lowest BCUT2D eigenvalue weighted by Gasteiger charge is -2.39. The second-order valence-corrected chi connectivity index (χ2v) is 10.6. The number of carbonyl (C=O) groups is 1. The molecule has 2 aromatic rings. The van der Waals surface area contributed by atoms with Gasteiger partial charge in [-0.2, -0.15) is 4.31 Å². The van der Waals surface area contributed by atoms with Gasteiger partial charge in [-0.15, -0.1) is 0 Å². The number of morpholine rings is 1. The van der Waals surface area contributed by atoms with Gasteiger partial charge in [-0.25, -0.2) is 8.42 Å². The number of likely N-dealkylation sites (tertiary alicyclic amines) is 1. The molecule has 5 rings (SSSR count). The van der Waals surface area contributed by atoms with E-state index in [-0.39, 0.29) is 31.6 Å². The number of carbonyl (C=O) groups excluding carboxylic acids is 1. The molecule has 3 aliphatic rings. The van der Waals surface area contributed by atoms with E-state index in [1.165, 1.54) is 4.31 Å². The number of halogens is 1. The van der Waals surface area contributed by atoms with Crippen LogP contribution < -0.4 is 0 Å². The van der Waals surface area contributed by atoms with E-state index in [0.29, 0.717) is 23.6 Å². The predicted molar refractivity (Wildman–Crippen MR) is 109 cm³/mol. The third-order valence-electron chi connectivity index (χ3n) is 6.09. The number of nitrogens with zero attached hydrogens (tertiary/aromatic N) is 2. The summed E-state index contributed by atoms with van der Waals surface area (Å²) in [5.41, 5.74) is 0.623. The van der Waals surface area contributed by atoms with E-state index >= 15 is 0 Å².